The van der Waals surface area contributed by atoms with Crippen LogP contribution >= 0.6 is 0 Å². The third kappa shape index (κ3) is 4.47. The van der Waals surface area contributed by atoms with E-state index in [1.54, 1.807) is 0 Å². The second kappa shape index (κ2) is 7.09. The molecule has 3 amide bonds. The fraction of sp³-hybridized carbons (Fsp3) is 0.421. The van der Waals surface area contributed by atoms with Gasteiger partial charge in [-0.05, 0) is 43.9 Å². The van der Waals surface area contributed by atoms with Crippen molar-refractivity contribution in [3.8, 4) is 0 Å². The number of rotatable bonds is 4. The van der Waals surface area contributed by atoms with Crippen molar-refractivity contribution in [3.05, 3.63) is 42.0 Å². The van der Waals surface area contributed by atoms with Crippen molar-refractivity contribution in [2.45, 2.75) is 46.3 Å². The van der Waals surface area contributed by atoms with E-state index < -0.39 is 17.7 Å². The average molecular weight is 343 g/mol. The van der Waals surface area contributed by atoms with E-state index in [4.69, 9.17) is 4.74 Å². The molecule has 2 rings (SSSR count). The summed E-state index contributed by atoms with van der Waals surface area (Å²) in [7, 11) is 0. The summed E-state index contributed by atoms with van der Waals surface area (Å²) in [5.41, 5.74) is 2.24. The number of aliphatic imine (C=N–C) groups is 1. The van der Waals surface area contributed by atoms with E-state index in [2.05, 4.69) is 22.2 Å². The number of carbonyl (C=O) groups is 2. The lowest BCUT2D eigenvalue weighted by Crippen LogP contribution is -2.40. The number of amides is 3. The molecule has 1 aromatic rings. The SMILES string of the molecule is C=C(C)c1cccc(C(C)(C)NC(=O)N=C2NC(=O)[C@H](C(C)C)O2)c1. The Hall–Kier alpha value is -2.63. The number of amidine groups is 1. The second-order valence-electron chi connectivity index (χ2n) is 7.10. The van der Waals surface area contributed by atoms with Gasteiger partial charge in [0.05, 0.1) is 5.54 Å². The summed E-state index contributed by atoms with van der Waals surface area (Å²) in [5, 5.41) is 5.32. The smallest absolute Gasteiger partial charge is 0.346 e. The topological polar surface area (TPSA) is 79.8 Å². The molecular formula is C19H25N3O3. The van der Waals surface area contributed by atoms with Crippen LogP contribution in [0.25, 0.3) is 5.57 Å². The van der Waals surface area contributed by atoms with Crippen molar-refractivity contribution in [2.75, 3.05) is 0 Å². The summed E-state index contributed by atoms with van der Waals surface area (Å²) in [5.74, 6) is -0.285. The molecule has 0 bridgehead atoms. The van der Waals surface area contributed by atoms with Crippen LogP contribution < -0.4 is 10.6 Å². The number of benzene rings is 1. The van der Waals surface area contributed by atoms with Crippen LogP contribution in [0.1, 0.15) is 45.7 Å². The molecule has 2 N–H and O–H groups in total. The fourth-order valence-electron chi connectivity index (χ4n) is 2.51. The van der Waals surface area contributed by atoms with Crippen LogP contribution in [-0.2, 0) is 15.1 Å². The first-order valence-corrected chi connectivity index (χ1v) is 8.25. The molecule has 0 unspecified atom stereocenters. The number of carbonyl (C=O) groups excluding carboxylic acids is 2. The van der Waals surface area contributed by atoms with Gasteiger partial charge in [-0.3, -0.25) is 10.1 Å². The number of hydrogen-bond donors (Lipinski definition) is 2. The standard InChI is InChI=1S/C19H25N3O3/c1-11(2)13-8-7-9-14(10-13)19(5,6)22-17(24)21-18-20-16(23)15(25-18)12(3)4/h7-10,12,15H,1H2,2-6H3,(H2,20,21,22,23,24)/t15-/m0/s1. The Bertz CT molecular complexity index is 735. The molecule has 0 radical (unpaired) electrons. The lowest BCUT2D eigenvalue weighted by atomic mass is 9.92. The molecule has 0 spiro atoms. The van der Waals surface area contributed by atoms with Crippen LogP contribution in [0.15, 0.2) is 35.8 Å². The summed E-state index contributed by atoms with van der Waals surface area (Å²) >= 11 is 0. The van der Waals surface area contributed by atoms with Crippen LogP contribution in [0.2, 0.25) is 0 Å². The average Bonchev–Trinajstić information content (AvgIpc) is 2.87. The fourth-order valence-corrected chi connectivity index (χ4v) is 2.51. The van der Waals surface area contributed by atoms with Crippen LogP contribution in [0, 0.1) is 5.92 Å². The van der Waals surface area contributed by atoms with Crippen molar-refractivity contribution in [2.24, 2.45) is 10.9 Å². The van der Waals surface area contributed by atoms with Crippen molar-refractivity contribution >= 4 is 23.5 Å². The van der Waals surface area contributed by atoms with Gasteiger partial charge in [-0.1, -0.05) is 44.2 Å². The van der Waals surface area contributed by atoms with E-state index in [-0.39, 0.29) is 17.8 Å². The molecular weight excluding hydrogens is 318 g/mol. The highest BCUT2D eigenvalue weighted by Crippen LogP contribution is 2.23. The molecule has 1 atom stereocenters. The Morgan fingerprint density at radius 1 is 1.40 bits per heavy atom. The molecule has 6 heteroatoms. The monoisotopic (exact) mass is 343 g/mol. The lowest BCUT2D eigenvalue weighted by molar-refractivity contribution is -0.124. The maximum Gasteiger partial charge on any atom is 0.346 e. The highest BCUT2D eigenvalue weighted by Gasteiger charge is 2.34. The highest BCUT2D eigenvalue weighted by molar-refractivity contribution is 6.05. The number of nitrogens with zero attached hydrogens (tertiary/aromatic N) is 1. The first kappa shape index (κ1) is 18.7. The largest absolute Gasteiger partial charge is 0.451 e. The van der Waals surface area contributed by atoms with E-state index in [1.165, 1.54) is 0 Å². The van der Waals surface area contributed by atoms with Crippen LogP contribution in [-0.4, -0.2) is 24.1 Å². The zero-order chi connectivity index (χ0) is 18.8. The van der Waals surface area contributed by atoms with Gasteiger partial charge in [0.2, 0.25) is 0 Å². The Labute approximate surface area is 148 Å². The number of urea groups is 1. The van der Waals surface area contributed by atoms with E-state index in [1.807, 2.05) is 58.9 Å². The summed E-state index contributed by atoms with van der Waals surface area (Å²) in [6.45, 7) is 13.4. The van der Waals surface area contributed by atoms with Crippen LogP contribution in [0.3, 0.4) is 0 Å². The van der Waals surface area contributed by atoms with E-state index in [9.17, 15) is 9.59 Å². The van der Waals surface area contributed by atoms with Gasteiger partial charge >= 0.3 is 12.1 Å². The summed E-state index contributed by atoms with van der Waals surface area (Å²) in [6.07, 6.45) is -0.619. The molecule has 1 saturated heterocycles. The molecule has 1 fully saturated rings. The van der Waals surface area contributed by atoms with Gasteiger partial charge in [0, 0.05) is 0 Å². The highest BCUT2D eigenvalue weighted by atomic mass is 16.5. The Kier molecular flexibility index (Phi) is 5.30. The normalized spacial score (nSPS) is 18.9. The van der Waals surface area contributed by atoms with Gasteiger partial charge in [-0.25, -0.2) is 4.79 Å². The van der Waals surface area contributed by atoms with Crippen molar-refractivity contribution < 1.29 is 14.3 Å². The molecule has 1 aliphatic rings. The molecule has 1 aliphatic heterocycles. The Morgan fingerprint density at radius 3 is 2.64 bits per heavy atom. The minimum atomic E-state index is -0.646. The summed E-state index contributed by atoms with van der Waals surface area (Å²) in [4.78, 5) is 27.8. The quantitative estimate of drug-likeness (QED) is 0.881. The first-order valence-electron chi connectivity index (χ1n) is 8.25. The van der Waals surface area contributed by atoms with Crippen molar-refractivity contribution in [1.29, 1.82) is 0 Å². The second-order valence-corrected chi connectivity index (χ2v) is 7.10. The van der Waals surface area contributed by atoms with Gasteiger partial charge in [-0.15, -0.1) is 4.99 Å². The number of nitrogens with one attached hydrogen (secondary N) is 2. The Balaban J connectivity index is 2.11. The molecule has 0 aliphatic carbocycles. The first-order chi connectivity index (χ1) is 11.6. The lowest BCUT2D eigenvalue weighted by Gasteiger charge is -2.26. The maximum atomic E-state index is 12.2. The minimum absolute atomic E-state index is 0.00270. The molecule has 25 heavy (non-hydrogen) atoms. The van der Waals surface area contributed by atoms with E-state index in [0.717, 1.165) is 16.7 Å². The van der Waals surface area contributed by atoms with Gasteiger partial charge in [0.25, 0.3) is 5.91 Å². The van der Waals surface area contributed by atoms with E-state index >= 15 is 0 Å². The summed E-state index contributed by atoms with van der Waals surface area (Å²) < 4.78 is 5.39. The number of allylic oxidation sites excluding steroid dienone is 1. The predicted octanol–water partition coefficient (Wildman–Crippen LogP) is 3.19. The molecule has 0 aromatic heterocycles. The molecule has 6 nitrogen and oxygen atoms in total. The summed E-state index contributed by atoms with van der Waals surface area (Å²) in [6, 6.07) is 7.17. The van der Waals surface area contributed by atoms with Gasteiger partial charge in [0.1, 0.15) is 0 Å². The van der Waals surface area contributed by atoms with E-state index in [0.29, 0.717) is 0 Å². The van der Waals surface area contributed by atoms with Gasteiger partial charge in [0.15, 0.2) is 6.10 Å². The Morgan fingerprint density at radius 2 is 2.08 bits per heavy atom. The van der Waals surface area contributed by atoms with Gasteiger partial charge < -0.3 is 10.1 Å². The number of hydrogen-bond acceptors (Lipinski definition) is 3. The van der Waals surface area contributed by atoms with Crippen molar-refractivity contribution in [1.82, 2.24) is 10.6 Å². The minimum Gasteiger partial charge on any atom is -0.451 e. The molecule has 1 heterocycles. The van der Waals surface area contributed by atoms with Crippen LogP contribution in [0.4, 0.5) is 4.79 Å². The van der Waals surface area contributed by atoms with Crippen LogP contribution in [0.5, 0.6) is 0 Å². The molecule has 1 aromatic carbocycles. The number of ether oxygens (including phenoxy) is 1. The third-order valence-electron chi connectivity index (χ3n) is 4.03. The predicted molar refractivity (Wildman–Crippen MR) is 98.0 cm³/mol. The molecule has 0 saturated carbocycles. The third-order valence-corrected chi connectivity index (χ3v) is 4.03. The van der Waals surface area contributed by atoms with Crippen molar-refractivity contribution in [3.63, 3.8) is 0 Å². The zero-order valence-corrected chi connectivity index (χ0v) is 15.3. The molecule has 134 valence electrons. The zero-order valence-electron chi connectivity index (χ0n) is 15.3. The van der Waals surface area contributed by atoms with Gasteiger partial charge in [-0.2, -0.15) is 0 Å². The maximum absolute atomic E-state index is 12.2.